The third kappa shape index (κ3) is 2.25. The van der Waals surface area contributed by atoms with Gasteiger partial charge in [0.1, 0.15) is 5.82 Å². The van der Waals surface area contributed by atoms with Crippen LogP contribution in [0.3, 0.4) is 0 Å². The van der Waals surface area contributed by atoms with E-state index in [0.29, 0.717) is 5.56 Å². The molecule has 1 aromatic carbocycles. The molecule has 2 aromatic heterocycles. The third-order valence-electron chi connectivity index (χ3n) is 3.09. The fourth-order valence-electron chi connectivity index (χ4n) is 2.22. The van der Waals surface area contributed by atoms with Gasteiger partial charge in [-0.25, -0.2) is 9.37 Å². The summed E-state index contributed by atoms with van der Waals surface area (Å²) >= 11 is 0. The van der Waals surface area contributed by atoms with E-state index in [1.54, 1.807) is 37.1 Å². The topological polar surface area (TPSA) is 41.6 Å². The second-order valence-electron chi connectivity index (χ2n) is 4.24. The number of imidazole rings is 1. The lowest BCUT2D eigenvalue weighted by Crippen LogP contribution is -2.06. The maximum atomic E-state index is 14.1. The molecule has 3 rings (SSSR count). The second kappa shape index (κ2) is 5.02. The summed E-state index contributed by atoms with van der Waals surface area (Å²) in [5.41, 5.74) is 2.46. The molecule has 0 aliphatic carbocycles. The van der Waals surface area contributed by atoms with Crippen molar-refractivity contribution in [1.82, 2.24) is 15.0 Å². The molecule has 4 heteroatoms. The minimum Gasteiger partial charge on any atom is -0.348 e. The van der Waals surface area contributed by atoms with E-state index in [0.717, 1.165) is 11.3 Å². The summed E-state index contributed by atoms with van der Waals surface area (Å²) in [5.74, 6) is -0.425. The first kappa shape index (κ1) is 11.6. The van der Waals surface area contributed by atoms with Crippen LogP contribution in [0.25, 0.3) is 0 Å². The molecule has 3 aromatic rings. The maximum absolute atomic E-state index is 14.1. The van der Waals surface area contributed by atoms with Crippen molar-refractivity contribution in [3.05, 3.63) is 84.0 Å². The van der Waals surface area contributed by atoms with Gasteiger partial charge in [-0.1, -0.05) is 18.2 Å². The number of hydrogen-bond acceptors (Lipinski definition) is 2. The van der Waals surface area contributed by atoms with E-state index >= 15 is 0 Å². The summed E-state index contributed by atoms with van der Waals surface area (Å²) in [4.78, 5) is 11.1. The number of pyridine rings is 1. The largest absolute Gasteiger partial charge is 0.348 e. The maximum Gasteiger partial charge on any atom is 0.127 e. The molecular weight excluding hydrogens is 241 g/mol. The van der Waals surface area contributed by atoms with Gasteiger partial charge in [0.2, 0.25) is 0 Å². The number of nitrogens with zero attached hydrogens (tertiary/aromatic N) is 2. The Morgan fingerprint density at radius 3 is 2.47 bits per heavy atom. The average molecular weight is 253 g/mol. The highest BCUT2D eigenvalue weighted by molar-refractivity contribution is 5.39. The Labute approximate surface area is 110 Å². The Balaban J connectivity index is 2.16. The van der Waals surface area contributed by atoms with E-state index < -0.39 is 0 Å². The van der Waals surface area contributed by atoms with Gasteiger partial charge < -0.3 is 4.98 Å². The van der Waals surface area contributed by atoms with Crippen LogP contribution in [0.4, 0.5) is 4.39 Å². The normalized spacial score (nSPS) is 12.3. The monoisotopic (exact) mass is 253 g/mol. The fraction of sp³-hybridized carbons (Fsp3) is 0.0667. The summed E-state index contributed by atoms with van der Waals surface area (Å²) in [7, 11) is 0. The first-order valence-electron chi connectivity index (χ1n) is 5.99. The van der Waals surface area contributed by atoms with Crippen LogP contribution in [-0.2, 0) is 0 Å². The average Bonchev–Trinajstić information content (AvgIpc) is 2.96. The van der Waals surface area contributed by atoms with E-state index in [1.165, 1.54) is 6.07 Å². The number of H-pyrrole nitrogens is 1. The number of halogens is 1. The summed E-state index contributed by atoms with van der Waals surface area (Å²) < 4.78 is 14.1. The summed E-state index contributed by atoms with van der Waals surface area (Å²) in [6, 6.07) is 10.6. The molecule has 0 saturated heterocycles. The van der Waals surface area contributed by atoms with Crippen LogP contribution in [0.15, 0.2) is 61.3 Å². The molecule has 0 bridgehead atoms. The molecule has 0 saturated carbocycles. The molecule has 0 aliphatic heterocycles. The summed E-state index contributed by atoms with van der Waals surface area (Å²) in [5, 5.41) is 0. The van der Waals surface area contributed by atoms with E-state index in [9.17, 15) is 4.39 Å². The number of nitrogens with one attached hydrogen (secondary N) is 1. The highest BCUT2D eigenvalue weighted by Gasteiger charge is 2.20. The van der Waals surface area contributed by atoms with E-state index in [2.05, 4.69) is 15.0 Å². The lowest BCUT2D eigenvalue weighted by Gasteiger charge is -2.16. The predicted molar refractivity (Wildman–Crippen MR) is 70.2 cm³/mol. The van der Waals surface area contributed by atoms with Gasteiger partial charge in [0, 0.05) is 29.8 Å². The number of aromatic nitrogens is 3. The Kier molecular flexibility index (Phi) is 3.06. The predicted octanol–water partition coefficient (Wildman–Crippen LogP) is 3.12. The molecule has 0 spiro atoms. The first-order chi connectivity index (χ1) is 9.36. The molecule has 0 radical (unpaired) electrons. The molecule has 3 nitrogen and oxygen atoms in total. The lowest BCUT2D eigenvalue weighted by molar-refractivity contribution is 0.605. The van der Waals surface area contributed by atoms with Gasteiger partial charge in [0.25, 0.3) is 0 Å². The zero-order valence-electron chi connectivity index (χ0n) is 10.1. The van der Waals surface area contributed by atoms with E-state index in [1.807, 2.05) is 18.2 Å². The fourth-order valence-corrected chi connectivity index (χ4v) is 2.22. The molecule has 2 heterocycles. The molecule has 94 valence electrons. The molecule has 1 unspecified atom stereocenters. The standard InChI is InChI=1S/C15H12FN3/c16-13-4-2-1-3-12(13)15(14-9-18-10-19-14)11-5-7-17-8-6-11/h1-10,15H,(H,18,19). The van der Waals surface area contributed by atoms with Gasteiger partial charge in [-0.05, 0) is 23.8 Å². The van der Waals surface area contributed by atoms with Crippen molar-refractivity contribution >= 4 is 0 Å². The van der Waals surface area contributed by atoms with Crippen LogP contribution in [0.5, 0.6) is 0 Å². The van der Waals surface area contributed by atoms with Crippen molar-refractivity contribution < 1.29 is 4.39 Å². The number of hydrogen-bond donors (Lipinski definition) is 1. The van der Waals surface area contributed by atoms with Crippen molar-refractivity contribution in [1.29, 1.82) is 0 Å². The van der Waals surface area contributed by atoms with Crippen LogP contribution >= 0.6 is 0 Å². The molecule has 0 amide bonds. The quantitative estimate of drug-likeness (QED) is 0.779. The minimum absolute atomic E-state index is 0.202. The minimum atomic E-state index is -0.223. The van der Waals surface area contributed by atoms with Crippen molar-refractivity contribution in [2.75, 3.05) is 0 Å². The van der Waals surface area contributed by atoms with Crippen LogP contribution in [0, 0.1) is 5.82 Å². The molecular formula is C15H12FN3. The van der Waals surface area contributed by atoms with E-state index in [4.69, 9.17) is 0 Å². The smallest absolute Gasteiger partial charge is 0.127 e. The van der Waals surface area contributed by atoms with Crippen molar-refractivity contribution in [3.63, 3.8) is 0 Å². The van der Waals surface area contributed by atoms with Gasteiger partial charge in [0.05, 0.1) is 12.2 Å². The van der Waals surface area contributed by atoms with Crippen LogP contribution in [0.1, 0.15) is 22.7 Å². The highest BCUT2D eigenvalue weighted by atomic mass is 19.1. The Morgan fingerprint density at radius 2 is 1.79 bits per heavy atom. The Bertz CT molecular complexity index is 650. The van der Waals surface area contributed by atoms with E-state index in [-0.39, 0.29) is 11.7 Å². The SMILES string of the molecule is Fc1ccccc1C(c1ccncc1)c1cnc[nH]1. The van der Waals surface area contributed by atoms with Gasteiger partial charge >= 0.3 is 0 Å². The Morgan fingerprint density at radius 1 is 1.00 bits per heavy atom. The third-order valence-corrected chi connectivity index (χ3v) is 3.09. The van der Waals surface area contributed by atoms with Crippen molar-refractivity contribution in [3.8, 4) is 0 Å². The summed E-state index contributed by atoms with van der Waals surface area (Å²) in [6.07, 6.45) is 6.74. The zero-order chi connectivity index (χ0) is 13.1. The zero-order valence-corrected chi connectivity index (χ0v) is 10.1. The number of rotatable bonds is 3. The van der Waals surface area contributed by atoms with Crippen LogP contribution in [-0.4, -0.2) is 15.0 Å². The van der Waals surface area contributed by atoms with Gasteiger partial charge in [-0.2, -0.15) is 0 Å². The lowest BCUT2D eigenvalue weighted by atomic mass is 9.89. The van der Waals surface area contributed by atoms with Gasteiger partial charge in [0.15, 0.2) is 0 Å². The number of benzene rings is 1. The van der Waals surface area contributed by atoms with Crippen LogP contribution < -0.4 is 0 Å². The molecule has 0 fully saturated rings. The van der Waals surface area contributed by atoms with Crippen molar-refractivity contribution in [2.24, 2.45) is 0 Å². The molecule has 1 atom stereocenters. The van der Waals surface area contributed by atoms with Gasteiger partial charge in [-0.3, -0.25) is 4.98 Å². The second-order valence-corrected chi connectivity index (χ2v) is 4.24. The van der Waals surface area contributed by atoms with Gasteiger partial charge in [-0.15, -0.1) is 0 Å². The Hall–Kier alpha value is -2.49. The summed E-state index contributed by atoms with van der Waals surface area (Å²) in [6.45, 7) is 0. The molecule has 19 heavy (non-hydrogen) atoms. The highest BCUT2D eigenvalue weighted by Crippen LogP contribution is 2.31. The number of aromatic amines is 1. The van der Waals surface area contributed by atoms with Crippen LogP contribution in [0.2, 0.25) is 0 Å². The first-order valence-corrected chi connectivity index (χ1v) is 5.99. The molecule has 0 aliphatic rings. The van der Waals surface area contributed by atoms with Crippen molar-refractivity contribution in [2.45, 2.75) is 5.92 Å². The molecule has 1 N–H and O–H groups in total.